The number of carbonyl (C=O) groups is 2. The molecule has 0 heterocycles. The molecular formula is C17H25ClN2O4. The molecule has 7 heteroatoms. The molecule has 0 saturated heterocycles. The lowest BCUT2D eigenvalue weighted by Gasteiger charge is -2.26. The number of carbonyl (C=O) groups excluding carboxylic acids is 2. The van der Waals surface area contributed by atoms with E-state index < -0.39 is 11.5 Å². The molecule has 0 bridgehead atoms. The Balaban J connectivity index is 2.65. The Morgan fingerprint density at radius 1 is 1.38 bits per heavy atom. The summed E-state index contributed by atoms with van der Waals surface area (Å²) in [6, 6.07) is 4.52. The highest BCUT2D eigenvalue weighted by atomic mass is 35.5. The Kier molecular flexibility index (Phi) is 7.51. The summed E-state index contributed by atoms with van der Waals surface area (Å²) in [6.45, 7) is 3.78. The zero-order valence-corrected chi connectivity index (χ0v) is 15.3. The predicted molar refractivity (Wildman–Crippen MR) is 93.1 cm³/mol. The number of rotatable bonds is 8. The molecule has 0 aliphatic carbocycles. The first-order valence-electron chi connectivity index (χ1n) is 7.71. The Hall–Kier alpha value is -1.79. The fourth-order valence-electron chi connectivity index (χ4n) is 2.18. The lowest BCUT2D eigenvalue weighted by atomic mass is 9.87. The maximum absolute atomic E-state index is 12.2. The van der Waals surface area contributed by atoms with Crippen LogP contribution in [0.15, 0.2) is 18.2 Å². The van der Waals surface area contributed by atoms with E-state index in [4.69, 9.17) is 26.8 Å². The second-order valence-corrected chi connectivity index (χ2v) is 6.31. The Morgan fingerprint density at radius 2 is 2.04 bits per heavy atom. The van der Waals surface area contributed by atoms with Gasteiger partial charge in [-0.2, -0.15) is 0 Å². The average Bonchev–Trinajstić information content (AvgIpc) is 2.58. The fraction of sp³-hybridized carbons (Fsp3) is 0.529. The number of halogens is 1. The monoisotopic (exact) mass is 356 g/mol. The molecule has 3 N–H and O–H groups in total. The van der Waals surface area contributed by atoms with E-state index in [9.17, 15) is 9.59 Å². The largest absolute Gasteiger partial charge is 0.495 e. The van der Waals surface area contributed by atoms with Gasteiger partial charge in [-0.15, -0.1) is 0 Å². The van der Waals surface area contributed by atoms with Gasteiger partial charge in [0.25, 0.3) is 0 Å². The van der Waals surface area contributed by atoms with E-state index in [-0.39, 0.29) is 18.4 Å². The number of ether oxygens (including phenoxy) is 2. The molecule has 0 fully saturated rings. The minimum Gasteiger partial charge on any atom is -0.495 e. The van der Waals surface area contributed by atoms with Crippen molar-refractivity contribution in [3.8, 4) is 5.75 Å². The van der Waals surface area contributed by atoms with Crippen molar-refractivity contribution < 1.29 is 19.1 Å². The number of methoxy groups -OCH3 is 2. The van der Waals surface area contributed by atoms with Gasteiger partial charge in [0.1, 0.15) is 5.75 Å². The molecule has 1 aromatic rings. The van der Waals surface area contributed by atoms with Gasteiger partial charge in [0.2, 0.25) is 5.91 Å². The summed E-state index contributed by atoms with van der Waals surface area (Å²) in [5.74, 6) is -0.124. The molecule has 134 valence electrons. The molecule has 0 aromatic heterocycles. The van der Waals surface area contributed by atoms with Crippen LogP contribution >= 0.6 is 11.6 Å². The average molecular weight is 357 g/mol. The van der Waals surface area contributed by atoms with Gasteiger partial charge in [0.05, 0.1) is 30.7 Å². The third kappa shape index (κ3) is 5.11. The minimum atomic E-state index is -0.770. The van der Waals surface area contributed by atoms with Crippen molar-refractivity contribution in [3.05, 3.63) is 28.8 Å². The fourth-order valence-corrected chi connectivity index (χ4v) is 2.46. The van der Waals surface area contributed by atoms with Crippen LogP contribution in [0.1, 0.15) is 25.8 Å². The Morgan fingerprint density at radius 3 is 2.54 bits per heavy atom. The molecule has 1 rings (SSSR count). The van der Waals surface area contributed by atoms with Crippen molar-refractivity contribution in [2.45, 2.75) is 32.7 Å². The second-order valence-electron chi connectivity index (χ2n) is 5.90. The van der Waals surface area contributed by atoms with Crippen LogP contribution in [0.2, 0.25) is 5.02 Å². The van der Waals surface area contributed by atoms with E-state index in [0.29, 0.717) is 23.6 Å². The lowest BCUT2D eigenvalue weighted by molar-refractivity contribution is -0.151. The predicted octanol–water partition coefficient (Wildman–Crippen LogP) is 1.92. The van der Waals surface area contributed by atoms with Gasteiger partial charge < -0.3 is 20.5 Å². The first kappa shape index (κ1) is 20.3. The van der Waals surface area contributed by atoms with Crippen LogP contribution in [-0.4, -0.2) is 38.7 Å². The number of hydrogen-bond acceptors (Lipinski definition) is 5. The van der Waals surface area contributed by atoms with Crippen molar-refractivity contribution in [1.82, 2.24) is 5.32 Å². The van der Waals surface area contributed by atoms with Gasteiger partial charge in [0, 0.05) is 6.54 Å². The molecule has 0 saturated carbocycles. The normalized spacial score (nSPS) is 14.4. The summed E-state index contributed by atoms with van der Waals surface area (Å²) in [7, 11) is 2.86. The van der Waals surface area contributed by atoms with Gasteiger partial charge in [-0.1, -0.05) is 24.6 Å². The summed E-state index contributed by atoms with van der Waals surface area (Å²) in [5, 5.41) is 3.19. The Bertz CT molecular complexity index is 594. The van der Waals surface area contributed by atoms with Crippen LogP contribution in [-0.2, 0) is 20.7 Å². The number of benzene rings is 1. The topological polar surface area (TPSA) is 90.7 Å². The van der Waals surface area contributed by atoms with Crippen molar-refractivity contribution >= 4 is 23.5 Å². The van der Waals surface area contributed by atoms with Crippen molar-refractivity contribution in [3.63, 3.8) is 0 Å². The molecule has 0 aliphatic heterocycles. The summed E-state index contributed by atoms with van der Waals surface area (Å²) in [5.41, 5.74) is 6.00. The van der Waals surface area contributed by atoms with Gasteiger partial charge in [-0.25, -0.2) is 0 Å². The molecule has 1 aromatic carbocycles. The summed E-state index contributed by atoms with van der Waals surface area (Å²) in [4.78, 5) is 24.0. The lowest BCUT2D eigenvalue weighted by Crippen LogP contribution is -2.47. The molecular weight excluding hydrogens is 332 g/mol. The minimum absolute atomic E-state index is 0.173. The highest BCUT2D eigenvalue weighted by Crippen LogP contribution is 2.25. The molecule has 0 radical (unpaired) electrons. The van der Waals surface area contributed by atoms with E-state index in [1.165, 1.54) is 14.2 Å². The van der Waals surface area contributed by atoms with Crippen LogP contribution in [0.25, 0.3) is 0 Å². The van der Waals surface area contributed by atoms with Crippen LogP contribution < -0.4 is 15.8 Å². The zero-order valence-electron chi connectivity index (χ0n) is 14.5. The van der Waals surface area contributed by atoms with Crippen molar-refractivity contribution in [2.24, 2.45) is 11.1 Å². The maximum atomic E-state index is 12.2. The first-order valence-corrected chi connectivity index (χ1v) is 8.09. The van der Waals surface area contributed by atoms with Crippen molar-refractivity contribution in [2.75, 3.05) is 20.8 Å². The van der Waals surface area contributed by atoms with Gasteiger partial charge in [0.15, 0.2) is 0 Å². The number of nitrogens with two attached hydrogens (primary N) is 1. The number of amides is 1. The third-order valence-electron chi connectivity index (χ3n) is 4.12. The second kappa shape index (κ2) is 8.89. The molecule has 1 unspecified atom stereocenters. The number of esters is 1. The highest BCUT2D eigenvalue weighted by Gasteiger charge is 2.33. The first-order chi connectivity index (χ1) is 11.3. The van der Waals surface area contributed by atoms with Crippen molar-refractivity contribution in [1.29, 1.82) is 0 Å². The summed E-state index contributed by atoms with van der Waals surface area (Å²) < 4.78 is 9.87. The van der Waals surface area contributed by atoms with Crippen LogP contribution in [0.3, 0.4) is 0 Å². The zero-order chi connectivity index (χ0) is 18.3. The van der Waals surface area contributed by atoms with E-state index in [0.717, 1.165) is 5.56 Å². The highest BCUT2D eigenvalue weighted by molar-refractivity contribution is 6.32. The van der Waals surface area contributed by atoms with Crippen LogP contribution in [0.4, 0.5) is 0 Å². The Labute approximate surface area is 147 Å². The number of hydrogen-bond donors (Lipinski definition) is 2. The van der Waals surface area contributed by atoms with Crippen LogP contribution in [0.5, 0.6) is 5.75 Å². The van der Waals surface area contributed by atoms with E-state index in [2.05, 4.69) is 5.32 Å². The van der Waals surface area contributed by atoms with Crippen LogP contribution in [0, 0.1) is 5.41 Å². The standard InChI is InChI=1S/C17H25ClN2O4/c1-5-17(2,16(22)24-4)10-20-15(21)13(19)9-11-6-7-14(23-3)12(18)8-11/h6-8,13H,5,9-10,19H2,1-4H3,(H,20,21)/t13-,17?/m1/s1. The maximum Gasteiger partial charge on any atom is 0.313 e. The van der Waals surface area contributed by atoms with Gasteiger partial charge >= 0.3 is 5.97 Å². The van der Waals surface area contributed by atoms with E-state index in [1.54, 1.807) is 19.1 Å². The van der Waals surface area contributed by atoms with E-state index >= 15 is 0 Å². The molecule has 2 atom stereocenters. The smallest absolute Gasteiger partial charge is 0.313 e. The molecule has 6 nitrogen and oxygen atoms in total. The quantitative estimate of drug-likeness (QED) is 0.694. The molecule has 0 aliphatic rings. The van der Waals surface area contributed by atoms with Gasteiger partial charge in [-0.05, 0) is 37.5 Å². The number of nitrogens with one attached hydrogen (secondary N) is 1. The van der Waals surface area contributed by atoms with E-state index in [1.807, 2.05) is 13.0 Å². The third-order valence-corrected chi connectivity index (χ3v) is 4.42. The molecule has 0 spiro atoms. The summed E-state index contributed by atoms with van der Waals surface area (Å²) >= 11 is 6.07. The molecule has 1 amide bonds. The molecule has 24 heavy (non-hydrogen) atoms. The van der Waals surface area contributed by atoms with Gasteiger partial charge in [-0.3, -0.25) is 9.59 Å². The SMILES string of the molecule is CCC(C)(CNC(=O)[C@H](N)Cc1ccc(OC)c(Cl)c1)C(=O)OC. The summed E-state index contributed by atoms with van der Waals surface area (Å²) in [6.07, 6.45) is 0.875.